The summed E-state index contributed by atoms with van der Waals surface area (Å²) in [5, 5.41) is 17.0. The molecule has 0 aliphatic heterocycles. The molecule has 4 nitrogen and oxygen atoms in total. The van der Waals surface area contributed by atoms with Gasteiger partial charge in [0, 0.05) is 0 Å². The second-order valence-corrected chi connectivity index (χ2v) is 4.76. The van der Waals surface area contributed by atoms with E-state index in [1.165, 1.54) is 4.26 Å². The monoisotopic (exact) mass is 236 g/mol. The predicted molar refractivity (Wildman–Crippen MR) is 49.6 cm³/mol. The average molecular weight is 235 g/mol. The van der Waals surface area contributed by atoms with Crippen LogP contribution in [-0.4, -0.2) is 34.9 Å². The molecule has 0 aliphatic carbocycles. The molecule has 0 saturated carbocycles. The zero-order chi connectivity index (χ0) is 8.67. The van der Waals surface area contributed by atoms with E-state index in [-0.39, 0.29) is 14.5 Å². The number of fused-ring (bicyclic) bond motifs is 3. The first-order valence-corrected chi connectivity index (χ1v) is 5.48. The zero-order valence-electron chi connectivity index (χ0n) is 6.51. The Balaban J connectivity index is 2.64. The summed E-state index contributed by atoms with van der Waals surface area (Å²) in [5.41, 5.74) is 0.979. The van der Waals surface area contributed by atoms with Crippen LogP contribution in [0.1, 0.15) is 0 Å². The van der Waals surface area contributed by atoms with Gasteiger partial charge in [-0.05, 0) is 0 Å². The van der Waals surface area contributed by atoms with E-state index in [2.05, 4.69) is 20.4 Å². The molecule has 0 fully saturated rings. The average Bonchev–Trinajstić information content (AvgIpc) is 2.56. The van der Waals surface area contributed by atoms with E-state index >= 15 is 0 Å². The first-order chi connectivity index (χ1) is 6.45. The molecule has 62 valence electrons. The van der Waals surface area contributed by atoms with Crippen LogP contribution in [0.15, 0.2) is 24.5 Å². The van der Waals surface area contributed by atoms with Crippen LogP contribution in [0, 0.1) is 0 Å². The predicted octanol–water partition coefficient (Wildman–Crippen LogP) is 0.630. The van der Waals surface area contributed by atoms with Crippen LogP contribution in [0.5, 0.6) is 0 Å². The summed E-state index contributed by atoms with van der Waals surface area (Å²) in [6.45, 7) is 0. The van der Waals surface area contributed by atoms with Crippen molar-refractivity contribution in [3.05, 3.63) is 24.5 Å². The van der Waals surface area contributed by atoms with Gasteiger partial charge in [0.15, 0.2) is 0 Å². The summed E-state index contributed by atoms with van der Waals surface area (Å²) >= 11 is 0.259. The Kier molecular flexibility index (Phi) is 1.41. The number of hydrogen-bond donors (Lipinski definition) is 0. The topological polar surface area (TPSA) is 51.6 Å². The van der Waals surface area contributed by atoms with E-state index in [9.17, 15) is 0 Å². The molecule has 3 rings (SSSR count). The molecule has 0 bridgehead atoms. The van der Waals surface area contributed by atoms with Crippen LogP contribution in [0.4, 0.5) is 0 Å². The third-order valence-electron chi connectivity index (χ3n) is 1.83. The molecular formula is C8H4N4Se. The Bertz CT molecular complexity index is 524. The van der Waals surface area contributed by atoms with Crippen molar-refractivity contribution in [3.63, 3.8) is 0 Å². The molecule has 5 heteroatoms. The van der Waals surface area contributed by atoms with Crippen molar-refractivity contribution >= 4 is 34.1 Å². The van der Waals surface area contributed by atoms with Crippen molar-refractivity contribution in [2.75, 3.05) is 0 Å². The van der Waals surface area contributed by atoms with E-state index < -0.39 is 0 Å². The van der Waals surface area contributed by atoms with Gasteiger partial charge in [-0.15, -0.1) is 0 Å². The molecule has 0 aliphatic rings. The van der Waals surface area contributed by atoms with Gasteiger partial charge in [0.05, 0.1) is 0 Å². The third-order valence-corrected chi connectivity index (χ3v) is 4.02. The second kappa shape index (κ2) is 2.58. The number of hydrogen-bond acceptors (Lipinski definition) is 4. The van der Waals surface area contributed by atoms with Crippen LogP contribution >= 0.6 is 0 Å². The molecule has 0 N–H and O–H groups in total. The van der Waals surface area contributed by atoms with Crippen molar-refractivity contribution in [2.45, 2.75) is 0 Å². The van der Waals surface area contributed by atoms with Crippen LogP contribution in [-0.2, 0) is 0 Å². The Labute approximate surface area is 79.4 Å². The molecule has 0 amide bonds. The maximum atomic E-state index is 4.10. The first kappa shape index (κ1) is 7.12. The normalized spacial score (nSPS) is 11.1. The summed E-state index contributed by atoms with van der Waals surface area (Å²) < 4.78 is 2.31. The number of aromatic nitrogens is 4. The van der Waals surface area contributed by atoms with Crippen molar-refractivity contribution < 1.29 is 0 Å². The molecule has 0 radical (unpaired) electrons. The molecule has 0 saturated heterocycles. The molecule has 0 aromatic carbocycles. The minimum absolute atomic E-state index is 0.259. The van der Waals surface area contributed by atoms with Gasteiger partial charge in [-0.3, -0.25) is 0 Å². The fraction of sp³-hybridized carbons (Fsp3) is 0. The van der Waals surface area contributed by atoms with Gasteiger partial charge in [-0.1, -0.05) is 0 Å². The van der Waals surface area contributed by atoms with Crippen LogP contribution in [0.3, 0.4) is 0 Å². The van der Waals surface area contributed by atoms with Gasteiger partial charge in [0.25, 0.3) is 0 Å². The molecular weight excluding hydrogens is 231 g/mol. The van der Waals surface area contributed by atoms with E-state index in [4.69, 9.17) is 0 Å². The van der Waals surface area contributed by atoms with Gasteiger partial charge in [0.1, 0.15) is 0 Å². The third kappa shape index (κ3) is 0.978. The van der Waals surface area contributed by atoms with Crippen molar-refractivity contribution in [1.29, 1.82) is 0 Å². The van der Waals surface area contributed by atoms with Gasteiger partial charge in [0.2, 0.25) is 0 Å². The van der Waals surface area contributed by atoms with Crippen LogP contribution in [0.2, 0.25) is 0 Å². The minimum atomic E-state index is 0.259. The fourth-order valence-electron chi connectivity index (χ4n) is 1.27. The van der Waals surface area contributed by atoms with E-state index in [0.717, 1.165) is 15.3 Å². The number of rotatable bonds is 0. The van der Waals surface area contributed by atoms with Gasteiger partial charge in [-0.25, -0.2) is 0 Å². The quantitative estimate of drug-likeness (QED) is 0.536. The van der Waals surface area contributed by atoms with E-state index in [1.807, 2.05) is 12.1 Å². The molecule has 0 spiro atoms. The Morgan fingerprint density at radius 2 is 1.85 bits per heavy atom. The molecule has 13 heavy (non-hydrogen) atoms. The summed E-state index contributed by atoms with van der Waals surface area (Å²) in [4.78, 5) is 0. The van der Waals surface area contributed by atoms with Crippen molar-refractivity contribution in [3.8, 4) is 0 Å². The molecule has 0 unspecified atom stereocenters. The Morgan fingerprint density at radius 3 is 2.85 bits per heavy atom. The molecule has 0 atom stereocenters. The van der Waals surface area contributed by atoms with Gasteiger partial charge < -0.3 is 0 Å². The summed E-state index contributed by atoms with van der Waals surface area (Å²) in [5.74, 6) is 0. The Morgan fingerprint density at radius 1 is 1.00 bits per heavy atom. The standard InChI is InChI=1S/C8H4N4Se/c1-3-10-12-8-5(1)7-6(13-8)2-4-9-11-7/h1-4H. The zero-order valence-corrected chi connectivity index (χ0v) is 8.22. The maximum absolute atomic E-state index is 4.10. The van der Waals surface area contributed by atoms with Crippen LogP contribution in [0.25, 0.3) is 19.6 Å². The van der Waals surface area contributed by atoms with Gasteiger partial charge >= 0.3 is 79.0 Å². The summed E-state index contributed by atoms with van der Waals surface area (Å²) in [7, 11) is 0. The number of nitrogens with zero attached hydrogens (tertiary/aromatic N) is 4. The summed E-state index contributed by atoms with van der Waals surface area (Å²) in [6.07, 6.45) is 3.42. The SMILES string of the molecule is c1cc2c(nn1)[se]c1ccnnc12. The fourth-order valence-corrected chi connectivity index (χ4v) is 3.26. The first-order valence-electron chi connectivity index (χ1n) is 3.77. The van der Waals surface area contributed by atoms with E-state index in [0.29, 0.717) is 0 Å². The van der Waals surface area contributed by atoms with Gasteiger partial charge in [-0.2, -0.15) is 0 Å². The summed E-state index contributed by atoms with van der Waals surface area (Å²) in [6, 6.07) is 3.95. The van der Waals surface area contributed by atoms with E-state index in [1.54, 1.807) is 12.4 Å². The Hall–Kier alpha value is -1.32. The van der Waals surface area contributed by atoms with Crippen molar-refractivity contribution in [1.82, 2.24) is 20.4 Å². The second-order valence-electron chi connectivity index (χ2n) is 2.60. The molecule has 3 aromatic rings. The molecule has 3 heterocycles. The van der Waals surface area contributed by atoms with Crippen LogP contribution < -0.4 is 0 Å². The molecule has 3 aromatic heterocycles. The van der Waals surface area contributed by atoms with Crippen molar-refractivity contribution in [2.24, 2.45) is 0 Å².